The van der Waals surface area contributed by atoms with Crippen LogP contribution >= 0.6 is 11.6 Å². The van der Waals surface area contributed by atoms with Gasteiger partial charge in [-0.1, -0.05) is 13.3 Å². The topological polar surface area (TPSA) is 79.2 Å². The van der Waals surface area contributed by atoms with Crippen molar-refractivity contribution in [3.05, 3.63) is 27.9 Å². The third kappa shape index (κ3) is 3.73. The van der Waals surface area contributed by atoms with Crippen LogP contribution in [0.5, 0.6) is 0 Å². The summed E-state index contributed by atoms with van der Waals surface area (Å²) in [6, 6.07) is 2.71. The molecule has 1 rings (SSSR count). The van der Waals surface area contributed by atoms with Gasteiger partial charge >= 0.3 is 5.82 Å². The molecule has 0 aliphatic carbocycles. The lowest BCUT2D eigenvalue weighted by Gasteiger charge is -2.19. The van der Waals surface area contributed by atoms with Gasteiger partial charge in [0.25, 0.3) is 5.91 Å². The van der Waals surface area contributed by atoms with E-state index in [4.69, 9.17) is 11.6 Å². The minimum Gasteiger partial charge on any atom is -0.358 e. The van der Waals surface area contributed by atoms with Crippen LogP contribution in [-0.2, 0) is 0 Å². The zero-order valence-electron chi connectivity index (χ0n) is 10.2. The molecule has 0 atom stereocenters. The number of hydrogen-bond acceptors (Lipinski definition) is 3. The number of halogens is 1. The van der Waals surface area contributed by atoms with Gasteiger partial charge in [-0.25, -0.2) is 4.98 Å². The highest BCUT2D eigenvalue weighted by Crippen LogP contribution is 2.12. The Kier molecular flexibility index (Phi) is 5.64. The molecule has 1 heterocycles. The first-order valence-corrected chi connectivity index (χ1v) is 6.32. The Morgan fingerprint density at radius 2 is 2.22 bits per heavy atom. The molecule has 6 nitrogen and oxygen atoms in total. The second kappa shape index (κ2) is 7.00. The molecule has 1 aromatic heterocycles. The molecule has 0 aliphatic heterocycles. The smallest absolute Gasteiger partial charge is 0.321 e. The molecule has 1 amide bonds. The summed E-state index contributed by atoms with van der Waals surface area (Å²) in [5.41, 5.74) is 0.225. The maximum absolute atomic E-state index is 12.1. The number of aromatic nitrogens is 1. The van der Waals surface area contributed by atoms with Crippen molar-refractivity contribution in [2.45, 2.75) is 19.8 Å². The molecule has 0 radical (unpaired) electrons. The Labute approximate surface area is 110 Å². The SMILES string of the molecule is CCCCN(CCCl)C(=O)c1ccc([N+](=O)[O-])[nH]1. The molecule has 0 saturated heterocycles. The van der Waals surface area contributed by atoms with Crippen LogP contribution < -0.4 is 0 Å². The van der Waals surface area contributed by atoms with E-state index in [1.165, 1.54) is 12.1 Å². The van der Waals surface area contributed by atoms with Gasteiger partial charge in [0.15, 0.2) is 5.69 Å². The number of nitrogens with one attached hydrogen (secondary N) is 1. The highest BCUT2D eigenvalue weighted by molar-refractivity contribution is 6.18. The van der Waals surface area contributed by atoms with Crippen LogP contribution in [0.25, 0.3) is 0 Å². The minimum atomic E-state index is -0.561. The van der Waals surface area contributed by atoms with Gasteiger partial charge < -0.3 is 15.0 Å². The van der Waals surface area contributed by atoms with Crippen molar-refractivity contribution in [2.75, 3.05) is 19.0 Å². The molecule has 0 saturated carbocycles. The van der Waals surface area contributed by atoms with Gasteiger partial charge in [-0.05, 0) is 17.4 Å². The lowest BCUT2D eigenvalue weighted by Crippen LogP contribution is -2.33. The average Bonchev–Trinajstić information content (AvgIpc) is 2.83. The van der Waals surface area contributed by atoms with Gasteiger partial charge in [-0.3, -0.25) is 4.79 Å². The van der Waals surface area contributed by atoms with Gasteiger partial charge in [0.05, 0.1) is 0 Å². The molecule has 0 fully saturated rings. The Bertz CT molecular complexity index is 419. The number of aromatic amines is 1. The number of rotatable bonds is 7. The number of carbonyl (C=O) groups is 1. The van der Waals surface area contributed by atoms with Crippen molar-refractivity contribution in [2.24, 2.45) is 0 Å². The molecule has 0 bridgehead atoms. The molecule has 0 aromatic carbocycles. The largest absolute Gasteiger partial charge is 0.358 e. The van der Waals surface area contributed by atoms with Gasteiger partial charge in [-0.2, -0.15) is 0 Å². The quantitative estimate of drug-likeness (QED) is 0.471. The molecule has 18 heavy (non-hydrogen) atoms. The maximum atomic E-state index is 12.1. The molecular weight excluding hydrogens is 258 g/mol. The van der Waals surface area contributed by atoms with E-state index in [1.54, 1.807) is 4.90 Å². The van der Waals surface area contributed by atoms with E-state index in [1.807, 2.05) is 6.92 Å². The summed E-state index contributed by atoms with van der Waals surface area (Å²) in [7, 11) is 0. The highest BCUT2D eigenvalue weighted by Gasteiger charge is 2.20. The maximum Gasteiger partial charge on any atom is 0.321 e. The van der Waals surface area contributed by atoms with Crippen molar-refractivity contribution in [3.63, 3.8) is 0 Å². The predicted octanol–water partition coefficient (Wildman–Crippen LogP) is 2.40. The molecule has 100 valence electrons. The zero-order chi connectivity index (χ0) is 13.5. The van der Waals surface area contributed by atoms with E-state index < -0.39 is 4.92 Å². The number of hydrogen-bond donors (Lipinski definition) is 1. The molecule has 0 spiro atoms. The standard InChI is InChI=1S/C11H16ClN3O3/c1-2-3-7-14(8-6-12)11(16)9-4-5-10(13-9)15(17)18/h4-5,13H,2-3,6-8H2,1H3. The van der Waals surface area contributed by atoms with Crippen LogP contribution in [0.2, 0.25) is 0 Å². The Hall–Kier alpha value is -1.56. The minimum absolute atomic E-state index is 0.181. The van der Waals surface area contributed by atoms with E-state index in [-0.39, 0.29) is 17.4 Å². The van der Waals surface area contributed by atoms with Crippen molar-refractivity contribution in [1.82, 2.24) is 9.88 Å². The van der Waals surface area contributed by atoms with E-state index in [9.17, 15) is 14.9 Å². The highest BCUT2D eigenvalue weighted by atomic mass is 35.5. The van der Waals surface area contributed by atoms with Gasteiger partial charge in [0.1, 0.15) is 0 Å². The van der Waals surface area contributed by atoms with E-state index >= 15 is 0 Å². The number of alkyl halides is 1. The summed E-state index contributed by atoms with van der Waals surface area (Å²) < 4.78 is 0. The fourth-order valence-electron chi connectivity index (χ4n) is 1.55. The second-order valence-electron chi connectivity index (χ2n) is 3.85. The van der Waals surface area contributed by atoms with E-state index in [0.29, 0.717) is 19.0 Å². The lowest BCUT2D eigenvalue weighted by atomic mass is 10.3. The van der Waals surface area contributed by atoms with Crippen LogP contribution in [0.1, 0.15) is 30.3 Å². The third-order valence-electron chi connectivity index (χ3n) is 2.52. The van der Waals surface area contributed by atoms with Crippen LogP contribution in [0.15, 0.2) is 12.1 Å². The first kappa shape index (κ1) is 14.5. The van der Waals surface area contributed by atoms with Crippen LogP contribution in [-0.4, -0.2) is 39.7 Å². The summed E-state index contributed by atoms with van der Waals surface area (Å²) in [6.45, 7) is 3.07. The van der Waals surface area contributed by atoms with Crippen molar-refractivity contribution < 1.29 is 9.72 Å². The normalized spacial score (nSPS) is 10.3. The second-order valence-corrected chi connectivity index (χ2v) is 4.23. The van der Waals surface area contributed by atoms with Crippen LogP contribution in [0.4, 0.5) is 5.82 Å². The van der Waals surface area contributed by atoms with Crippen LogP contribution in [0, 0.1) is 10.1 Å². The molecule has 1 N–H and O–H groups in total. The van der Waals surface area contributed by atoms with Crippen LogP contribution in [0.3, 0.4) is 0 Å². The number of amides is 1. The first-order chi connectivity index (χ1) is 8.60. The summed E-state index contributed by atoms with van der Waals surface area (Å²) in [6.07, 6.45) is 1.85. The van der Waals surface area contributed by atoms with Gasteiger partial charge in [0.2, 0.25) is 0 Å². The van der Waals surface area contributed by atoms with Crippen molar-refractivity contribution >= 4 is 23.3 Å². The van der Waals surface area contributed by atoms with Crippen molar-refractivity contribution in [1.29, 1.82) is 0 Å². The fourth-order valence-corrected chi connectivity index (χ4v) is 1.76. The summed E-state index contributed by atoms with van der Waals surface area (Å²) in [5.74, 6) is -0.0880. The Balaban J connectivity index is 2.77. The number of H-pyrrole nitrogens is 1. The van der Waals surface area contributed by atoms with E-state index in [0.717, 1.165) is 12.8 Å². The third-order valence-corrected chi connectivity index (χ3v) is 2.69. The molecule has 1 aromatic rings. The van der Waals surface area contributed by atoms with E-state index in [2.05, 4.69) is 4.98 Å². The van der Waals surface area contributed by atoms with Gasteiger partial charge in [0, 0.05) is 25.0 Å². The Morgan fingerprint density at radius 3 is 2.72 bits per heavy atom. The van der Waals surface area contributed by atoms with Crippen molar-refractivity contribution in [3.8, 4) is 0 Å². The first-order valence-electron chi connectivity index (χ1n) is 5.78. The molecule has 0 unspecified atom stereocenters. The lowest BCUT2D eigenvalue weighted by molar-refractivity contribution is -0.389. The number of carbonyl (C=O) groups excluding carboxylic acids is 1. The fraction of sp³-hybridized carbons (Fsp3) is 0.545. The number of unbranched alkanes of at least 4 members (excludes halogenated alkanes) is 1. The average molecular weight is 274 g/mol. The summed E-state index contributed by atoms with van der Waals surface area (Å²) >= 11 is 5.65. The number of nitro groups is 1. The molecule has 7 heteroatoms. The monoisotopic (exact) mass is 273 g/mol. The summed E-state index contributed by atoms with van der Waals surface area (Å²) in [5, 5.41) is 10.5. The number of nitrogens with zero attached hydrogens (tertiary/aromatic N) is 2. The summed E-state index contributed by atoms with van der Waals surface area (Å²) in [4.78, 5) is 26.2. The van der Waals surface area contributed by atoms with Gasteiger partial charge in [-0.15, -0.1) is 11.6 Å². The molecular formula is C11H16ClN3O3. The predicted molar refractivity (Wildman–Crippen MR) is 69.0 cm³/mol. The zero-order valence-corrected chi connectivity index (χ0v) is 10.9. The molecule has 0 aliphatic rings. The Morgan fingerprint density at radius 1 is 1.50 bits per heavy atom.